The van der Waals surface area contributed by atoms with E-state index in [0.29, 0.717) is 15.2 Å². The number of thioether (sulfide) groups is 1. The van der Waals surface area contributed by atoms with Crippen LogP contribution in [0.3, 0.4) is 0 Å². The van der Waals surface area contributed by atoms with Crippen LogP contribution in [0.2, 0.25) is 0 Å². The number of benzene rings is 2. The number of amides is 1. The number of alkyl halides is 5. The minimum Gasteiger partial charge on any atom is -0.433 e. The molecule has 0 aliphatic carbocycles. The van der Waals surface area contributed by atoms with Crippen LogP contribution < -0.4 is 20.1 Å². The number of hydrogen-bond donors (Lipinski definition) is 2. The van der Waals surface area contributed by atoms with Crippen molar-refractivity contribution in [3.8, 4) is 11.5 Å². The summed E-state index contributed by atoms with van der Waals surface area (Å²) >= 11 is 2.18. The van der Waals surface area contributed by atoms with Gasteiger partial charge in [-0.15, -0.1) is 23.4 Å². The van der Waals surface area contributed by atoms with E-state index in [9.17, 15) is 26.7 Å². The first-order chi connectivity index (χ1) is 15.2. The number of carbonyl (C=O) groups is 1. The molecule has 0 spiro atoms. The zero-order valence-electron chi connectivity index (χ0n) is 15.7. The van der Waals surface area contributed by atoms with E-state index in [1.165, 1.54) is 30.3 Å². The number of hydrogen-bond acceptors (Lipinski definition) is 8. The van der Waals surface area contributed by atoms with Crippen LogP contribution in [0.25, 0.3) is 0 Å². The Morgan fingerprint density at radius 1 is 1.09 bits per heavy atom. The van der Waals surface area contributed by atoms with E-state index < -0.39 is 18.9 Å². The molecule has 14 heteroatoms. The van der Waals surface area contributed by atoms with Gasteiger partial charge in [0.15, 0.2) is 4.34 Å². The van der Waals surface area contributed by atoms with Crippen LogP contribution in [0.15, 0.2) is 52.9 Å². The highest BCUT2D eigenvalue weighted by Crippen LogP contribution is 2.30. The maximum atomic E-state index is 12.4. The maximum Gasteiger partial charge on any atom is 0.573 e. The monoisotopic (exact) mass is 492 g/mol. The molecule has 32 heavy (non-hydrogen) atoms. The van der Waals surface area contributed by atoms with Gasteiger partial charge >= 0.3 is 13.0 Å². The van der Waals surface area contributed by atoms with Crippen LogP contribution >= 0.6 is 23.1 Å². The van der Waals surface area contributed by atoms with Crippen LogP contribution in [-0.2, 0) is 4.79 Å². The molecule has 1 heterocycles. The molecule has 0 atom stereocenters. The van der Waals surface area contributed by atoms with Gasteiger partial charge in [-0.1, -0.05) is 35.2 Å². The van der Waals surface area contributed by atoms with Crippen molar-refractivity contribution in [2.75, 3.05) is 16.4 Å². The molecule has 1 aromatic heterocycles. The van der Waals surface area contributed by atoms with Gasteiger partial charge in [-0.3, -0.25) is 4.79 Å². The number of para-hydroxylation sites is 2. The fourth-order valence-electron chi connectivity index (χ4n) is 2.26. The number of aromatic nitrogens is 2. The fraction of sp³-hybridized carbons (Fsp3) is 0.167. The highest BCUT2D eigenvalue weighted by atomic mass is 32.2. The summed E-state index contributed by atoms with van der Waals surface area (Å²) in [5.41, 5.74) is 0.566. The molecule has 0 unspecified atom stereocenters. The van der Waals surface area contributed by atoms with Crippen molar-refractivity contribution in [1.29, 1.82) is 0 Å². The Morgan fingerprint density at radius 3 is 2.50 bits per heavy atom. The molecular weight excluding hydrogens is 479 g/mol. The minimum atomic E-state index is -4.77. The predicted octanol–water partition coefficient (Wildman–Crippen LogP) is 5.51. The molecule has 0 aliphatic rings. The summed E-state index contributed by atoms with van der Waals surface area (Å²) in [6, 6.07) is 10.8. The Balaban J connectivity index is 1.51. The number of ether oxygens (including phenoxy) is 2. The van der Waals surface area contributed by atoms with Crippen molar-refractivity contribution in [3.05, 3.63) is 48.5 Å². The summed E-state index contributed by atoms with van der Waals surface area (Å²) < 4.78 is 70.0. The normalized spacial score (nSPS) is 11.3. The Hall–Kier alpha value is -3.13. The first-order valence-corrected chi connectivity index (χ1v) is 10.4. The van der Waals surface area contributed by atoms with Crippen molar-refractivity contribution < 1.29 is 36.2 Å². The minimum absolute atomic E-state index is 0.0683. The SMILES string of the molecule is O=C(CSc1nnc(Nc2ccc(OC(F)(F)F)cc2)s1)Nc1ccccc1OC(F)F. The molecule has 0 aliphatic heterocycles. The fourth-order valence-corrected chi connectivity index (χ4v) is 3.84. The third kappa shape index (κ3) is 7.53. The van der Waals surface area contributed by atoms with Crippen LogP contribution in [0, 0.1) is 0 Å². The molecule has 3 rings (SSSR count). The number of halogens is 5. The lowest BCUT2D eigenvalue weighted by Crippen LogP contribution is -2.16. The second kappa shape index (κ2) is 10.5. The molecule has 170 valence electrons. The van der Waals surface area contributed by atoms with Crippen LogP contribution in [-0.4, -0.2) is 34.8 Å². The second-order valence-electron chi connectivity index (χ2n) is 5.78. The largest absolute Gasteiger partial charge is 0.573 e. The van der Waals surface area contributed by atoms with Gasteiger partial charge in [-0.05, 0) is 36.4 Å². The van der Waals surface area contributed by atoms with E-state index in [0.717, 1.165) is 35.2 Å². The van der Waals surface area contributed by atoms with E-state index in [1.807, 2.05) is 0 Å². The lowest BCUT2D eigenvalue weighted by molar-refractivity contribution is -0.274. The Kier molecular flexibility index (Phi) is 7.69. The maximum absolute atomic E-state index is 12.4. The standard InChI is InChI=1S/C18H13F5N4O3S2/c19-15(20)29-13-4-2-1-3-12(13)25-14(28)9-31-17-27-26-16(32-17)24-10-5-7-11(8-6-10)30-18(21,22)23/h1-8,15H,9H2,(H,24,26)(H,25,28). The third-order valence-corrected chi connectivity index (χ3v) is 5.42. The Morgan fingerprint density at radius 2 is 1.81 bits per heavy atom. The van der Waals surface area contributed by atoms with Gasteiger partial charge in [-0.2, -0.15) is 8.78 Å². The molecule has 3 aromatic rings. The van der Waals surface area contributed by atoms with Crippen molar-refractivity contribution >= 4 is 45.5 Å². The molecule has 7 nitrogen and oxygen atoms in total. The Bertz CT molecular complexity index is 1050. The summed E-state index contributed by atoms with van der Waals surface area (Å²) in [5, 5.41) is 13.5. The zero-order chi connectivity index (χ0) is 23.1. The summed E-state index contributed by atoms with van der Waals surface area (Å²) in [7, 11) is 0. The predicted molar refractivity (Wildman–Crippen MR) is 109 cm³/mol. The van der Waals surface area contributed by atoms with Gasteiger partial charge in [-0.25, -0.2) is 0 Å². The first-order valence-electron chi connectivity index (χ1n) is 8.61. The molecule has 0 saturated heterocycles. The molecular formula is C18H13F5N4O3S2. The highest BCUT2D eigenvalue weighted by Gasteiger charge is 2.30. The highest BCUT2D eigenvalue weighted by molar-refractivity contribution is 8.01. The summed E-state index contributed by atoms with van der Waals surface area (Å²) in [6.07, 6.45) is -4.77. The van der Waals surface area contributed by atoms with Gasteiger partial charge in [0, 0.05) is 5.69 Å². The number of carbonyl (C=O) groups excluding carboxylic acids is 1. The van der Waals surface area contributed by atoms with Crippen molar-refractivity contribution in [2.24, 2.45) is 0 Å². The third-order valence-electron chi connectivity index (χ3n) is 3.45. The topological polar surface area (TPSA) is 85.4 Å². The van der Waals surface area contributed by atoms with Gasteiger partial charge in [0.05, 0.1) is 11.4 Å². The van der Waals surface area contributed by atoms with Gasteiger partial charge in [0.1, 0.15) is 11.5 Å². The number of anilines is 3. The van der Waals surface area contributed by atoms with Crippen molar-refractivity contribution in [3.63, 3.8) is 0 Å². The van der Waals surface area contributed by atoms with E-state index in [1.54, 1.807) is 6.07 Å². The molecule has 0 saturated carbocycles. The average Bonchev–Trinajstić information content (AvgIpc) is 3.15. The van der Waals surface area contributed by atoms with Crippen LogP contribution in [0.4, 0.5) is 38.5 Å². The quantitative estimate of drug-likeness (QED) is 0.301. The molecule has 2 aromatic carbocycles. The summed E-state index contributed by atoms with van der Waals surface area (Å²) in [4.78, 5) is 12.1. The number of nitrogens with one attached hydrogen (secondary N) is 2. The van der Waals surface area contributed by atoms with Gasteiger partial charge < -0.3 is 20.1 Å². The summed E-state index contributed by atoms with van der Waals surface area (Å²) in [6.45, 7) is -3.02. The van der Waals surface area contributed by atoms with E-state index in [4.69, 9.17) is 0 Å². The number of nitrogens with zero attached hydrogens (tertiary/aromatic N) is 2. The molecule has 1 amide bonds. The Labute approximate surface area is 185 Å². The second-order valence-corrected chi connectivity index (χ2v) is 7.98. The van der Waals surface area contributed by atoms with Gasteiger partial charge in [0.2, 0.25) is 11.0 Å². The lowest BCUT2D eigenvalue weighted by atomic mass is 10.3. The molecule has 0 radical (unpaired) electrons. The van der Waals surface area contributed by atoms with Crippen molar-refractivity contribution in [1.82, 2.24) is 10.2 Å². The molecule has 2 N–H and O–H groups in total. The van der Waals surface area contributed by atoms with Gasteiger partial charge in [0.25, 0.3) is 0 Å². The molecule has 0 fully saturated rings. The zero-order valence-corrected chi connectivity index (χ0v) is 17.4. The number of rotatable bonds is 9. The summed E-state index contributed by atoms with van der Waals surface area (Å²) in [5.74, 6) is -1.05. The van der Waals surface area contributed by atoms with E-state index in [2.05, 4.69) is 30.3 Å². The van der Waals surface area contributed by atoms with Crippen LogP contribution in [0.1, 0.15) is 0 Å². The van der Waals surface area contributed by atoms with Crippen molar-refractivity contribution in [2.45, 2.75) is 17.3 Å². The smallest absolute Gasteiger partial charge is 0.433 e. The first kappa shape index (κ1) is 23.5. The average molecular weight is 492 g/mol. The van der Waals surface area contributed by atoms with Crippen LogP contribution in [0.5, 0.6) is 11.5 Å². The molecule has 0 bridgehead atoms. The lowest BCUT2D eigenvalue weighted by Gasteiger charge is -2.11. The van der Waals surface area contributed by atoms with E-state index in [-0.39, 0.29) is 22.9 Å². The van der Waals surface area contributed by atoms with E-state index >= 15 is 0 Å².